The number of carbonyl (C=O) groups is 1. The first kappa shape index (κ1) is 15.8. The summed E-state index contributed by atoms with van der Waals surface area (Å²) in [6, 6.07) is 0. The van der Waals surface area contributed by atoms with E-state index in [2.05, 4.69) is 9.88 Å². The van der Waals surface area contributed by atoms with Gasteiger partial charge in [-0.25, -0.2) is 9.97 Å². The fraction of sp³-hybridized carbons (Fsp3) is 0.611. The van der Waals surface area contributed by atoms with Crippen LogP contribution in [-0.4, -0.2) is 35.6 Å². The third kappa shape index (κ3) is 2.66. The molecule has 1 aliphatic heterocycles. The zero-order valence-corrected chi connectivity index (χ0v) is 15.1. The number of piperidine rings is 1. The molecule has 0 radical (unpaired) electrons. The zero-order chi connectivity index (χ0) is 16.7. The van der Waals surface area contributed by atoms with Crippen LogP contribution < -0.4 is 4.90 Å². The minimum absolute atomic E-state index is 0.0350. The summed E-state index contributed by atoms with van der Waals surface area (Å²) < 4.78 is 5.18. The van der Waals surface area contributed by atoms with Crippen molar-refractivity contribution in [3.8, 4) is 0 Å². The van der Waals surface area contributed by atoms with Gasteiger partial charge in [-0.15, -0.1) is 11.3 Å². The second kappa shape index (κ2) is 6.31. The molecule has 0 aromatic carbocycles. The number of anilines is 1. The molecule has 0 saturated carbocycles. The summed E-state index contributed by atoms with van der Waals surface area (Å²) in [5, 5.41) is 1.27. The van der Waals surface area contributed by atoms with Crippen LogP contribution >= 0.6 is 11.3 Å². The van der Waals surface area contributed by atoms with E-state index in [1.165, 1.54) is 28.7 Å². The highest BCUT2D eigenvalue weighted by Gasteiger charge is 2.29. The van der Waals surface area contributed by atoms with Gasteiger partial charge in [0.1, 0.15) is 16.5 Å². The summed E-state index contributed by atoms with van der Waals surface area (Å²) in [5.41, 5.74) is 1.47. The van der Waals surface area contributed by atoms with E-state index >= 15 is 0 Å². The molecule has 5 nitrogen and oxygen atoms in total. The number of fused-ring (bicyclic) bond motifs is 3. The molecule has 0 unspecified atom stereocenters. The molecule has 1 saturated heterocycles. The van der Waals surface area contributed by atoms with Crippen molar-refractivity contribution in [1.82, 2.24) is 9.97 Å². The van der Waals surface area contributed by atoms with Crippen molar-refractivity contribution in [3.63, 3.8) is 0 Å². The second-order valence-corrected chi connectivity index (χ2v) is 7.73. The lowest BCUT2D eigenvalue weighted by Gasteiger charge is -2.32. The second-order valence-electron chi connectivity index (χ2n) is 6.65. The summed E-state index contributed by atoms with van der Waals surface area (Å²) in [7, 11) is 0. The fourth-order valence-corrected chi connectivity index (χ4v) is 5.20. The molecule has 1 fully saturated rings. The molecule has 0 bridgehead atoms. The van der Waals surface area contributed by atoms with Crippen molar-refractivity contribution in [3.05, 3.63) is 16.3 Å². The average molecular weight is 345 g/mol. The van der Waals surface area contributed by atoms with Gasteiger partial charge >= 0.3 is 5.97 Å². The largest absolute Gasteiger partial charge is 0.466 e. The van der Waals surface area contributed by atoms with Crippen LogP contribution in [0.4, 0.5) is 5.82 Å². The molecule has 24 heavy (non-hydrogen) atoms. The SMILES string of the molecule is CCOC(=O)C1CCN(c2nc(C)nc3sc4c(c23)CCC4)CC1. The van der Waals surface area contributed by atoms with Gasteiger partial charge < -0.3 is 9.64 Å². The van der Waals surface area contributed by atoms with Gasteiger partial charge in [0.2, 0.25) is 0 Å². The molecule has 2 aromatic rings. The topological polar surface area (TPSA) is 55.3 Å². The Bertz CT molecular complexity index is 778. The standard InChI is InChI=1S/C18H23N3O2S/c1-3-23-18(22)12-7-9-21(10-8-12)16-15-13-5-4-6-14(13)24-17(15)20-11(2)19-16/h12H,3-10H2,1-2H3. The first-order valence-corrected chi connectivity index (χ1v) is 9.69. The van der Waals surface area contributed by atoms with E-state index in [4.69, 9.17) is 9.72 Å². The lowest BCUT2D eigenvalue weighted by atomic mass is 9.96. The van der Waals surface area contributed by atoms with Crippen LogP contribution in [0.25, 0.3) is 10.2 Å². The fourth-order valence-electron chi connectivity index (χ4n) is 3.90. The molecule has 4 rings (SSSR count). The molecule has 2 aliphatic rings. The highest BCUT2D eigenvalue weighted by atomic mass is 32.1. The van der Waals surface area contributed by atoms with Gasteiger partial charge in [0.05, 0.1) is 17.9 Å². The maximum atomic E-state index is 12.0. The van der Waals surface area contributed by atoms with Gasteiger partial charge in [0.15, 0.2) is 0 Å². The van der Waals surface area contributed by atoms with Crippen LogP contribution in [0.5, 0.6) is 0 Å². The van der Waals surface area contributed by atoms with E-state index in [1.807, 2.05) is 25.2 Å². The molecular formula is C18H23N3O2S. The number of ether oxygens (including phenoxy) is 1. The van der Waals surface area contributed by atoms with E-state index in [1.54, 1.807) is 0 Å². The van der Waals surface area contributed by atoms with Gasteiger partial charge in [0, 0.05) is 18.0 Å². The molecule has 128 valence electrons. The summed E-state index contributed by atoms with van der Waals surface area (Å²) in [6.07, 6.45) is 5.26. The van der Waals surface area contributed by atoms with E-state index in [0.717, 1.165) is 48.8 Å². The Balaban J connectivity index is 1.62. The van der Waals surface area contributed by atoms with Crippen LogP contribution in [0.1, 0.15) is 42.5 Å². The average Bonchev–Trinajstić information content (AvgIpc) is 3.15. The lowest BCUT2D eigenvalue weighted by Crippen LogP contribution is -2.37. The third-order valence-corrected chi connectivity index (χ3v) is 6.26. The lowest BCUT2D eigenvalue weighted by molar-refractivity contribution is -0.148. The predicted molar refractivity (Wildman–Crippen MR) is 95.7 cm³/mol. The smallest absolute Gasteiger partial charge is 0.309 e. The highest BCUT2D eigenvalue weighted by Crippen LogP contribution is 2.41. The van der Waals surface area contributed by atoms with Crippen molar-refractivity contribution < 1.29 is 9.53 Å². The van der Waals surface area contributed by atoms with Crippen molar-refractivity contribution in [1.29, 1.82) is 0 Å². The Morgan fingerprint density at radius 1 is 1.29 bits per heavy atom. The summed E-state index contributed by atoms with van der Waals surface area (Å²) >= 11 is 1.84. The van der Waals surface area contributed by atoms with Gasteiger partial charge in [0.25, 0.3) is 0 Å². The molecule has 1 aliphatic carbocycles. The first-order valence-electron chi connectivity index (χ1n) is 8.88. The van der Waals surface area contributed by atoms with Crippen LogP contribution in [0, 0.1) is 12.8 Å². The van der Waals surface area contributed by atoms with E-state index in [9.17, 15) is 4.79 Å². The number of hydrogen-bond acceptors (Lipinski definition) is 6. The van der Waals surface area contributed by atoms with Gasteiger partial charge in [-0.05, 0) is 51.5 Å². The number of carbonyl (C=O) groups excluding carboxylic acids is 1. The number of esters is 1. The Morgan fingerprint density at radius 3 is 2.83 bits per heavy atom. The maximum Gasteiger partial charge on any atom is 0.309 e. The number of rotatable bonds is 3. The van der Waals surface area contributed by atoms with Gasteiger partial charge in [-0.1, -0.05) is 0 Å². The number of thiophene rings is 1. The van der Waals surface area contributed by atoms with Crippen LogP contribution in [0.2, 0.25) is 0 Å². The van der Waals surface area contributed by atoms with Crippen LogP contribution in [0.15, 0.2) is 0 Å². The van der Waals surface area contributed by atoms with Crippen LogP contribution in [-0.2, 0) is 22.4 Å². The van der Waals surface area contributed by atoms with Crippen molar-refractivity contribution >= 4 is 33.3 Å². The monoisotopic (exact) mass is 345 g/mol. The van der Waals surface area contributed by atoms with Crippen molar-refractivity contribution in [2.75, 3.05) is 24.6 Å². The molecule has 0 atom stereocenters. The predicted octanol–water partition coefficient (Wildman–Crippen LogP) is 3.27. The highest BCUT2D eigenvalue weighted by molar-refractivity contribution is 7.19. The zero-order valence-electron chi connectivity index (χ0n) is 14.3. The van der Waals surface area contributed by atoms with Crippen LogP contribution in [0.3, 0.4) is 0 Å². The minimum atomic E-state index is -0.0439. The van der Waals surface area contributed by atoms with Gasteiger partial charge in [-0.2, -0.15) is 0 Å². The molecule has 6 heteroatoms. The molecule has 3 heterocycles. The quantitative estimate of drug-likeness (QED) is 0.799. The summed E-state index contributed by atoms with van der Waals surface area (Å²) in [6.45, 7) is 6.02. The van der Waals surface area contributed by atoms with E-state index < -0.39 is 0 Å². The van der Waals surface area contributed by atoms with Crippen molar-refractivity contribution in [2.24, 2.45) is 5.92 Å². The molecule has 0 N–H and O–H groups in total. The maximum absolute atomic E-state index is 12.0. The number of aromatic nitrogens is 2. The first-order chi connectivity index (χ1) is 11.7. The van der Waals surface area contributed by atoms with E-state index in [0.29, 0.717) is 6.61 Å². The Kier molecular flexibility index (Phi) is 4.16. The number of nitrogens with zero attached hydrogens (tertiary/aromatic N) is 3. The summed E-state index contributed by atoms with van der Waals surface area (Å²) in [4.78, 5) is 26.4. The molecule has 0 amide bonds. The number of hydrogen-bond donors (Lipinski definition) is 0. The Morgan fingerprint density at radius 2 is 2.08 bits per heavy atom. The van der Waals surface area contributed by atoms with Gasteiger partial charge in [-0.3, -0.25) is 4.79 Å². The number of aryl methyl sites for hydroxylation is 3. The normalized spacial score (nSPS) is 18.2. The minimum Gasteiger partial charge on any atom is -0.466 e. The summed E-state index contributed by atoms with van der Waals surface area (Å²) in [5.74, 6) is 1.91. The molecule has 2 aromatic heterocycles. The Labute approximate surface area is 146 Å². The molecular weight excluding hydrogens is 322 g/mol. The van der Waals surface area contributed by atoms with Crippen molar-refractivity contribution in [2.45, 2.75) is 46.0 Å². The molecule has 0 spiro atoms. The Hall–Kier alpha value is -1.69. The van der Waals surface area contributed by atoms with E-state index in [-0.39, 0.29) is 11.9 Å². The third-order valence-electron chi connectivity index (χ3n) is 5.07.